The molecular formula is C14H21NO. The van der Waals surface area contributed by atoms with Gasteiger partial charge in [0.15, 0.2) is 0 Å². The molecule has 16 heavy (non-hydrogen) atoms. The molecule has 0 heterocycles. The van der Waals surface area contributed by atoms with Crippen molar-refractivity contribution in [3.05, 3.63) is 35.9 Å². The van der Waals surface area contributed by atoms with Crippen LogP contribution in [0.3, 0.4) is 0 Å². The van der Waals surface area contributed by atoms with Crippen LogP contribution >= 0.6 is 0 Å². The molecule has 0 radical (unpaired) electrons. The minimum absolute atomic E-state index is 0.0653. The molecule has 2 rings (SSSR count). The van der Waals surface area contributed by atoms with Crippen LogP contribution in [0.25, 0.3) is 0 Å². The Morgan fingerprint density at radius 1 is 1.12 bits per heavy atom. The van der Waals surface area contributed by atoms with Crippen LogP contribution < -0.4 is 5.32 Å². The van der Waals surface area contributed by atoms with Crippen LogP contribution in [0.1, 0.15) is 37.3 Å². The van der Waals surface area contributed by atoms with Crippen LogP contribution in [-0.2, 0) is 0 Å². The molecule has 2 heteroatoms. The number of hydrogen-bond donors (Lipinski definition) is 2. The van der Waals surface area contributed by atoms with Gasteiger partial charge in [0.25, 0.3) is 0 Å². The third-order valence-electron chi connectivity index (χ3n) is 3.68. The molecule has 1 aliphatic carbocycles. The molecule has 88 valence electrons. The number of aliphatic hydroxyl groups is 1. The van der Waals surface area contributed by atoms with E-state index < -0.39 is 0 Å². The summed E-state index contributed by atoms with van der Waals surface area (Å²) in [5, 5.41) is 13.0. The summed E-state index contributed by atoms with van der Waals surface area (Å²) < 4.78 is 0. The van der Waals surface area contributed by atoms with Crippen molar-refractivity contribution in [2.45, 2.75) is 37.8 Å². The molecule has 0 aromatic heterocycles. The van der Waals surface area contributed by atoms with E-state index in [1.807, 2.05) is 7.05 Å². The van der Waals surface area contributed by atoms with Crippen LogP contribution in [0.4, 0.5) is 0 Å². The van der Waals surface area contributed by atoms with Crippen LogP contribution in [0, 0.1) is 5.92 Å². The zero-order chi connectivity index (χ0) is 11.4. The monoisotopic (exact) mass is 219 g/mol. The molecule has 1 saturated carbocycles. The quantitative estimate of drug-likeness (QED) is 0.818. The fourth-order valence-corrected chi connectivity index (χ4v) is 2.77. The average molecular weight is 219 g/mol. The Kier molecular flexibility index (Phi) is 3.97. The third kappa shape index (κ3) is 2.63. The molecule has 0 spiro atoms. The molecular weight excluding hydrogens is 198 g/mol. The SMILES string of the molecule is CNC(c1ccccc1)C1CCC(O)CC1. The zero-order valence-electron chi connectivity index (χ0n) is 9.89. The van der Waals surface area contributed by atoms with Crippen molar-refractivity contribution < 1.29 is 5.11 Å². The van der Waals surface area contributed by atoms with E-state index >= 15 is 0 Å². The summed E-state index contributed by atoms with van der Waals surface area (Å²) in [5.41, 5.74) is 1.37. The van der Waals surface area contributed by atoms with Gasteiger partial charge in [-0.25, -0.2) is 0 Å². The predicted octanol–water partition coefficient (Wildman–Crippen LogP) is 2.50. The van der Waals surface area contributed by atoms with Gasteiger partial charge in [-0.05, 0) is 44.2 Å². The van der Waals surface area contributed by atoms with Crippen molar-refractivity contribution in [2.24, 2.45) is 5.92 Å². The van der Waals surface area contributed by atoms with Crippen LogP contribution in [0.5, 0.6) is 0 Å². The van der Waals surface area contributed by atoms with E-state index in [2.05, 4.69) is 35.6 Å². The van der Waals surface area contributed by atoms with Gasteiger partial charge in [0, 0.05) is 6.04 Å². The van der Waals surface area contributed by atoms with Gasteiger partial charge in [-0.1, -0.05) is 30.3 Å². The van der Waals surface area contributed by atoms with E-state index in [0.29, 0.717) is 12.0 Å². The standard InChI is InChI=1S/C14H21NO/c1-15-14(11-5-3-2-4-6-11)12-7-9-13(16)10-8-12/h2-6,12-16H,7-10H2,1H3. The molecule has 2 nitrogen and oxygen atoms in total. The second-order valence-electron chi connectivity index (χ2n) is 4.75. The van der Waals surface area contributed by atoms with Gasteiger partial charge in [0.05, 0.1) is 6.10 Å². The van der Waals surface area contributed by atoms with Gasteiger partial charge in [-0.2, -0.15) is 0 Å². The lowest BCUT2D eigenvalue weighted by Crippen LogP contribution is -2.30. The van der Waals surface area contributed by atoms with Crippen molar-refractivity contribution in [1.29, 1.82) is 0 Å². The summed E-state index contributed by atoms with van der Waals surface area (Å²) in [5.74, 6) is 0.663. The predicted molar refractivity (Wildman–Crippen MR) is 66.2 cm³/mol. The number of nitrogens with one attached hydrogen (secondary N) is 1. The van der Waals surface area contributed by atoms with Crippen LogP contribution in [0.2, 0.25) is 0 Å². The Balaban J connectivity index is 2.05. The molecule has 0 amide bonds. The minimum Gasteiger partial charge on any atom is -0.393 e. The first kappa shape index (κ1) is 11.6. The van der Waals surface area contributed by atoms with Gasteiger partial charge in [0.1, 0.15) is 0 Å². The maximum atomic E-state index is 9.53. The summed E-state index contributed by atoms with van der Waals surface area (Å²) in [4.78, 5) is 0. The highest BCUT2D eigenvalue weighted by Crippen LogP contribution is 2.34. The highest BCUT2D eigenvalue weighted by atomic mass is 16.3. The number of rotatable bonds is 3. The van der Waals surface area contributed by atoms with Crippen LogP contribution in [0.15, 0.2) is 30.3 Å². The highest BCUT2D eigenvalue weighted by molar-refractivity contribution is 5.19. The van der Waals surface area contributed by atoms with Crippen molar-refractivity contribution in [2.75, 3.05) is 7.05 Å². The summed E-state index contributed by atoms with van der Waals surface area (Å²) in [7, 11) is 2.03. The molecule has 2 N–H and O–H groups in total. The molecule has 1 fully saturated rings. The van der Waals surface area contributed by atoms with Crippen LogP contribution in [-0.4, -0.2) is 18.3 Å². The second-order valence-corrected chi connectivity index (χ2v) is 4.75. The molecule has 0 bridgehead atoms. The summed E-state index contributed by atoms with van der Waals surface area (Å²) in [6.45, 7) is 0. The first-order valence-corrected chi connectivity index (χ1v) is 6.21. The molecule has 1 aromatic rings. The van der Waals surface area contributed by atoms with Crippen molar-refractivity contribution in [1.82, 2.24) is 5.32 Å². The molecule has 1 aliphatic rings. The van der Waals surface area contributed by atoms with E-state index in [9.17, 15) is 5.11 Å². The average Bonchev–Trinajstić information content (AvgIpc) is 2.34. The summed E-state index contributed by atoms with van der Waals surface area (Å²) >= 11 is 0. The maximum Gasteiger partial charge on any atom is 0.0540 e. The van der Waals surface area contributed by atoms with E-state index in [-0.39, 0.29) is 6.10 Å². The van der Waals surface area contributed by atoms with E-state index in [0.717, 1.165) is 25.7 Å². The van der Waals surface area contributed by atoms with Gasteiger partial charge >= 0.3 is 0 Å². The first-order valence-electron chi connectivity index (χ1n) is 6.21. The summed E-state index contributed by atoms with van der Waals surface area (Å²) in [6.07, 6.45) is 4.10. The Morgan fingerprint density at radius 3 is 2.31 bits per heavy atom. The smallest absolute Gasteiger partial charge is 0.0540 e. The lowest BCUT2D eigenvalue weighted by Gasteiger charge is -2.32. The Morgan fingerprint density at radius 2 is 1.75 bits per heavy atom. The van der Waals surface area contributed by atoms with Crippen molar-refractivity contribution in [3.63, 3.8) is 0 Å². The van der Waals surface area contributed by atoms with Crippen molar-refractivity contribution in [3.8, 4) is 0 Å². The fraction of sp³-hybridized carbons (Fsp3) is 0.571. The Labute approximate surface area is 97.7 Å². The van der Waals surface area contributed by atoms with Gasteiger partial charge in [0.2, 0.25) is 0 Å². The van der Waals surface area contributed by atoms with E-state index in [1.54, 1.807) is 0 Å². The topological polar surface area (TPSA) is 32.3 Å². The highest BCUT2D eigenvalue weighted by Gasteiger charge is 2.26. The largest absolute Gasteiger partial charge is 0.393 e. The zero-order valence-corrected chi connectivity index (χ0v) is 9.89. The van der Waals surface area contributed by atoms with E-state index in [4.69, 9.17) is 0 Å². The lowest BCUT2D eigenvalue weighted by atomic mass is 9.80. The second kappa shape index (κ2) is 5.46. The summed E-state index contributed by atoms with van der Waals surface area (Å²) in [6, 6.07) is 11.1. The van der Waals surface area contributed by atoms with Crippen molar-refractivity contribution >= 4 is 0 Å². The molecule has 1 atom stereocenters. The Hall–Kier alpha value is -0.860. The normalized spacial score (nSPS) is 27.6. The lowest BCUT2D eigenvalue weighted by molar-refractivity contribution is 0.0981. The van der Waals surface area contributed by atoms with Gasteiger partial charge in [-0.3, -0.25) is 0 Å². The van der Waals surface area contributed by atoms with E-state index in [1.165, 1.54) is 5.56 Å². The fourth-order valence-electron chi connectivity index (χ4n) is 2.77. The van der Waals surface area contributed by atoms with Gasteiger partial charge < -0.3 is 10.4 Å². The molecule has 0 aliphatic heterocycles. The van der Waals surface area contributed by atoms with Gasteiger partial charge in [-0.15, -0.1) is 0 Å². The Bertz CT molecular complexity index is 304. The third-order valence-corrected chi connectivity index (χ3v) is 3.68. The number of hydrogen-bond acceptors (Lipinski definition) is 2. The first-order chi connectivity index (χ1) is 7.81. The number of aliphatic hydroxyl groups excluding tert-OH is 1. The molecule has 1 aromatic carbocycles. The minimum atomic E-state index is -0.0653. The maximum absolute atomic E-state index is 9.53. The molecule has 1 unspecified atom stereocenters. The number of benzene rings is 1. The molecule has 0 saturated heterocycles.